The Morgan fingerprint density at radius 2 is 1.93 bits per heavy atom. The van der Waals surface area contributed by atoms with Gasteiger partial charge in [0.15, 0.2) is 0 Å². The number of hydrogen-bond acceptors (Lipinski definition) is 3. The Hall–Kier alpha value is -1.58. The van der Waals surface area contributed by atoms with Gasteiger partial charge in [-0.05, 0) is 24.6 Å². The molecular weight excluding hydrogens is 190 g/mol. The third kappa shape index (κ3) is 3.97. The predicted octanol–water partition coefficient (Wildman–Crippen LogP) is 2.51. The first kappa shape index (κ1) is 11.5. The van der Waals surface area contributed by atoms with Crippen LogP contribution in [-0.4, -0.2) is 25.7 Å². The second kappa shape index (κ2) is 6.01. The first-order valence-electron chi connectivity index (χ1n) is 4.97. The van der Waals surface area contributed by atoms with E-state index in [2.05, 4.69) is 10.3 Å². The summed E-state index contributed by atoms with van der Waals surface area (Å²) in [6, 6.07) is 7.94. The predicted molar refractivity (Wildman–Crippen MR) is 59.9 cm³/mol. The van der Waals surface area contributed by atoms with Crippen molar-refractivity contribution in [3.63, 3.8) is 0 Å². The van der Waals surface area contributed by atoms with Crippen molar-refractivity contribution < 1.29 is 4.74 Å². The van der Waals surface area contributed by atoms with E-state index in [0.29, 0.717) is 6.54 Å². The Balaban J connectivity index is 2.53. The average molecular weight is 207 g/mol. The van der Waals surface area contributed by atoms with Crippen molar-refractivity contribution in [3.8, 4) is 5.75 Å². The number of methoxy groups -OCH3 is 1. The van der Waals surface area contributed by atoms with E-state index in [4.69, 9.17) is 4.74 Å². The van der Waals surface area contributed by atoms with E-state index < -0.39 is 0 Å². The Labute approximate surface area is 90.5 Å². The van der Waals surface area contributed by atoms with Crippen molar-refractivity contribution in [2.24, 2.45) is 10.3 Å². The summed E-state index contributed by atoms with van der Waals surface area (Å²) in [5, 5.41) is 9.75. The lowest BCUT2D eigenvalue weighted by Crippen LogP contribution is -2.09. The molecule has 0 unspecified atom stereocenters. The average Bonchev–Trinajstić information content (AvgIpc) is 2.27. The molecule has 15 heavy (non-hydrogen) atoms. The second-order valence-electron chi connectivity index (χ2n) is 3.21. The van der Waals surface area contributed by atoms with E-state index in [1.165, 1.54) is 5.56 Å². The molecule has 0 fully saturated rings. The minimum Gasteiger partial charge on any atom is -0.497 e. The molecule has 0 aliphatic heterocycles. The molecule has 0 atom stereocenters. The molecule has 0 heterocycles. The molecule has 0 saturated carbocycles. The zero-order valence-electron chi connectivity index (χ0n) is 9.47. The highest BCUT2D eigenvalue weighted by Gasteiger charge is 1.97. The van der Waals surface area contributed by atoms with Crippen molar-refractivity contribution in [2.45, 2.75) is 13.5 Å². The third-order valence-electron chi connectivity index (χ3n) is 1.93. The highest BCUT2D eigenvalue weighted by molar-refractivity contribution is 5.26. The molecular formula is C11H17N3O. The van der Waals surface area contributed by atoms with Crippen LogP contribution in [0.15, 0.2) is 34.6 Å². The SMILES string of the molecule is CC/N=N\N(C)Cc1ccc(OC)cc1. The van der Waals surface area contributed by atoms with Crippen LogP contribution in [0.4, 0.5) is 0 Å². The summed E-state index contributed by atoms with van der Waals surface area (Å²) in [5.41, 5.74) is 1.19. The molecule has 1 aromatic rings. The monoisotopic (exact) mass is 207 g/mol. The molecule has 82 valence electrons. The minimum absolute atomic E-state index is 0.715. The lowest BCUT2D eigenvalue weighted by Gasteiger charge is -2.11. The maximum Gasteiger partial charge on any atom is 0.118 e. The fraction of sp³-hybridized carbons (Fsp3) is 0.455. The molecule has 0 spiro atoms. The van der Waals surface area contributed by atoms with E-state index in [0.717, 1.165) is 12.3 Å². The van der Waals surface area contributed by atoms with Gasteiger partial charge in [0.2, 0.25) is 0 Å². The van der Waals surface area contributed by atoms with Crippen molar-refractivity contribution in [1.29, 1.82) is 0 Å². The Kier molecular flexibility index (Phi) is 4.60. The van der Waals surface area contributed by atoms with Crippen molar-refractivity contribution in [3.05, 3.63) is 29.8 Å². The Morgan fingerprint density at radius 1 is 1.27 bits per heavy atom. The van der Waals surface area contributed by atoms with Crippen LogP contribution in [0.25, 0.3) is 0 Å². The zero-order chi connectivity index (χ0) is 11.1. The Bertz CT molecular complexity index is 308. The fourth-order valence-electron chi connectivity index (χ4n) is 1.20. The van der Waals surface area contributed by atoms with Crippen LogP contribution in [0.1, 0.15) is 12.5 Å². The molecule has 0 aromatic heterocycles. The first-order valence-corrected chi connectivity index (χ1v) is 4.97. The van der Waals surface area contributed by atoms with E-state index in [-0.39, 0.29) is 0 Å². The maximum atomic E-state index is 5.08. The third-order valence-corrected chi connectivity index (χ3v) is 1.93. The lowest BCUT2D eigenvalue weighted by molar-refractivity contribution is 0.318. The van der Waals surface area contributed by atoms with Crippen LogP contribution >= 0.6 is 0 Å². The summed E-state index contributed by atoms with van der Waals surface area (Å²) in [6.07, 6.45) is 0. The number of rotatable bonds is 5. The second-order valence-corrected chi connectivity index (χ2v) is 3.21. The van der Waals surface area contributed by atoms with Gasteiger partial charge in [-0.1, -0.05) is 17.4 Å². The molecule has 0 saturated heterocycles. The summed E-state index contributed by atoms with van der Waals surface area (Å²) in [4.78, 5) is 0. The number of benzene rings is 1. The number of hydrogen-bond donors (Lipinski definition) is 0. The van der Waals surface area contributed by atoms with Gasteiger partial charge in [-0.3, -0.25) is 5.01 Å². The topological polar surface area (TPSA) is 37.2 Å². The molecule has 1 aromatic carbocycles. The van der Waals surface area contributed by atoms with E-state index in [1.807, 2.05) is 43.2 Å². The van der Waals surface area contributed by atoms with Gasteiger partial charge in [0.1, 0.15) is 5.75 Å². The van der Waals surface area contributed by atoms with Crippen molar-refractivity contribution in [1.82, 2.24) is 5.01 Å². The minimum atomic E-state index is 0.715. The van der Waals surface area contributed by atoms with Crippen LogP contribution in [0, 0.1) is 0 Å². The normalized spacial score (nSPS) is 10.6. The molecule has 1 rings (SSSR count). The van der Waals surface area contributed by atoms with Crippen LogP contribution in [0.2, 0.25) is 0 Å². The highest BCUT2D eigenvalue weighted by Crippen LogP contribution is 2.12. The molecule has 0 aliphatic carbocycles. The van der Waals surface area contributed by atoms with Crippen molar-refractivity contribution >= 4 is 0 Å². The summed E-state index contributed by atoms with van der Waals surface area (Å²) < 4.78 is 5.08. The van der Waals surface area contributed by atoms with Crippen LogP contribution in [-0.2, 0) is 6.54 Å². The maximum absolute atomic E-state index is 5.08. The zero-order valence-corrected chi connectivity index (χ0v) is 9.47. The number of ether oxygens (including phenoxy) is 1. The standard InChI is InChI=1S/C11H17N3O/c1-4-12-13-14(2)9-10-5-7-11(15-3)8-6-10/h5-8H,4,9H2,1-3H3/b13-12-. The van der Waals surface area contributed by atoms with Gasteiger partial charge < -0.3 is 4.74 Å². The molecule has 0 N–H and O–H groups in total. The molecule has 0 radical (unpaired) electrons. The van der Waals surface area contributed by atoms with Crippen LogP contribution in [0.5, 0.6) is 5.75 Å². The molecule has 4 nitrogen and oxygen atoms in total. The Morgan fingerprint density at radius 3 is 2.47 bits per heavy atom. The van der Waals surface area contributed by atoms with E-state index >= 15 is 0 Å². The molecule has 0 amide bonds. The summed E-state index contributed by atoms with van der Waals surface area (Å²) in [5.74, 6) is 0.872. The summed E-state index contributed by atoms with van der Waals surface area (Å²) in [7, 11) is 3.57. The molecule has 4 heteroatoms. The van der Waals surface area contributed by atoms with Gasteiger partial charge in [0.25, 0.3) is 0 Å². The quantitative estimate of drug-likeness (QED) is 0.549. The van der Waals surface area contributed by atoms with Gasteiger partial charge in [-0.15, -0.1) is 0 Å². The van der Waals surface area contributed by atoms with Gasteiger partial charge in [0.05, 0.1) is 20.2 Å². The van der Waals surface area contributed by atoms with Gasteiger partial charge in [0, 0.05) is 7.05 Å². The lowest BCUT2D eigenvalue weighted by atomic mass is 10.2. The smallest absolute Gasteiger partial charge is 0.118 e. The van der Waals surface area contributed by atoms with Crippen molar-refractivity contribution in [2.75, 3.05) is 20.7 Å². The van der Waals surface area contributed by atoms with Gasteiger partial charge in [-0.25, -0.2) is 0 Å². The number of nitrogens with zero attached hydrogens (tertiary/aromatic N) is 3. The van der Waals surface area contributed by atoms with Gasteiger partial charge in [-0.2, -0.15) is 5.11 Å². The van der Waals surface area contributed by atoms with E-state index in [1.54, 1.807) is 7.11 Å². The fourth-order valence-corrected chi connectivity index (χ4v) is 1.20. The molecule has 0 bridgehead atoms. The van der Waals surface area contributed by atoms with Crippen LogP contribution < -0.4 is 4.74 Å². The van der Waals surface area contributed by atoms with Crippen LogP contribution in [0.3, 0.4) is 0 Å². The highest BCUT2D eigenvalue weighted by atomic mass is 16.5. The van der Waals surface area contributed by atoms with E-state index in [9.17, 15) is 0 Å². The summed E-state index contributed by atoms with van der Waals surface area (Å²) >= 11 is 0. The summed E-state index contributed by atoms with van der Waals surface area (Å²) in [6.45, 7) is 3.44. The first-order chi connectivity index (χ1) is 7.26. The molecule has 0 aliphatic rings. The largest absolute Gasteiger partial charge is 0.497 e. The van der Waals surface area contributed by atoms with Gasteiger partial charge >= 0.3 is 0 Å².